The molecule has 0 aliphatic carbocycles. The van der Waals surface area contributed by atoms with E-state index in [0.29, 0.717) is 0 Å². The first-order valence-corrected chi connectivity index (χ1v) is 7.91. The summed E-state index contributed by atoms with van der Waals surface area (Å²) in [6.07, 6.45) is 1.33. The number of rotatable bonds is 8. The molecule has 21 heavy (non-hydrogen) atoms. The van der Waals surface area contributed by atoms with Crippen LogP contribution in [0.5, 0.6) is 5.75 Å². The van der Waals surface area contributed by atoms with Crippen LogP contribution in [0.4, 0.5) is 0 Å². The summed E-state index contributed by atoms with van der Waals surface area (Å²) in [5, 5.41) is 3.18. The summed E-state index contributed by atoms with van der Waals surface area (Å²) in [5.74, 6) is 1.82. The van der Waals surface area contributed by atoms with Crippen LogP contribution in [0.25, 0.3) is 0 Å². The highest BCUT2D eigenvalue weighted by atomic mass is 16.5. The van der Waals surface area contributed by atoms with Crippen molar-refractivity contribution in [3.63, 3.8) is 0 Å². The van der Waals surface area contributed by atoms with E-state index in [9.17, 15) is 0 Å². The standard InChI is InChI=1S/C17H29N3O/c1-18-12-16-6-4-5-7-17(16)21-11-10-20(3)14-15-8-9-19(2)13-15/h4-7,15,18H,8-14H2,1-3H3. The van der Waals surface area contributed by atoms with E-state index in [1.165, 1.54) is 31.6 Å². The third kappa shape index (κ3) is 5.30. The summed E-state index contributed by atoms with van der Waals surface area (Å²) < 4.78 is 5.95. The van der Waals surface area contributed by atoms with Gasteiger partial charge in [-0.3, -0.25) is 0 Å². The molecule has 0 saturated carbocycles. The van der Waals surface area contributed by atoms with Crippen molar-refractivity contribution in [1.82, 2.24) is 15.1 Å². The van der Waals surface area contributed by atoms with Crippen molar-refractivity contribution < 1.29 is 4.74 Å². The first kappa shape index (κ1) is 16.3. The molecule has 1 unspecified atom stereocenters. The van der Waals surface area contributed by atoms with E-state index in [2.05, 4.69) is 47.4 Å². The summed E-state index contributed by atoms with van der Waals surface area (Å²) in [5.41, 5.74) is 1.22. The lowest BCUT2D eigenvalue weighted by Gasteiger charge is -2.21. The van der Waals surface area contributed by atoms with Gasteiger partial charge in [0.15, 0.2) is 0 Å². The number of hydrogen-bond donors (Lipinski definition) is 1. The van der Waals surface area contributed by atoms with Crippen molar-refractivity contribution in [2.24, 2.45) is 5.92 Å². The van der Waals surface area contributed by atoms with Gasteiger partial charge in [-0.25, -0.2) is 0 Å². The van der Waals surface area contributed by atoms with Gasteiger partial charge in [0, 0.05) is 31.7 Å². The Labute approximate surface area is 129 Å². The van der Waals surface area contributed by atoms with Crippen LogP contribution in [0, 0.1) is 5.92 Å². The molecular formula is C17H29N3O. The van der Waals surface area contributed by atoms with Crippen LogP contribution < -0.4 is 10.1 Å². The second kappa shape index (κ2) is 8.37. The minimum Gasteiger partial charge on any atom is -0.492 e. The highest BCUT2D eigenvalue weighted by Gasteiger charge is 2.20. The van der Waals surface area contributed by atoms with Gasteiger partial charge in [0.1, 0.15) is 12.4 Å². The summed E-state index contributed by atoms with van der Waals surface area (Å²) in [6.45, 7) is 6.22. The smallest absolute Gasteiger partial charge is 0.123 e. The number of nitrogens with one attached hydrogen (secondary N) is 1. The number of para-hydroxylation sites is 1. The van der Waals surface area contributed by atoms with Gasteiger partial charge < -0.3 is 19.9 Å². The van der Waals surface area contributed by atoms with Crippen LogP contribution >= 0.6 is 0 Å². The van der Waals surface area contributed by atoms with Gasteiger partial charge in [-0.05, 0) is 46.1 Å². The van der Waals surface area contributed by atoms with E-state index in [4.69, 9.17) is 4.74 Å². The zero-order valence-electron chi connectivity index (χ0n) is 13.6. The predicted octanol–water partition coefficient (Wildman–Crippen LogP) is 1.67. The molecular weight excluding hydrogens is 262 g/mol. The van der Waals surface area contributed by atoms with Crippen LogP contribution in [0.1, 0.15) is 12.0 Å². The molecule has 1 aliphatic rings. The SMILES string of the molecule is CNCc1ccccc1OCCN(C)CC1CCN(C)C1. The molecule has 2 rings (SSSR count). The Morgan fingerprint density at radius 1 is 1.38 bits per heavy atom. The minimum atomic E-state index is 0.750. The molecule has 4 nitrogen and oxygen atoms in total. The third-order valence-corrected chi connectivity index (χ3v) is 4.13. The highest BCUT2D eigenvalue weighted by molar-refractivity contribution is 5.33. The molecule has 0 amide bonds. The van der Waals surface area contributed by atoms with Crippen molar-refractivity contribution in [3.8, 4) is 5.75 Å². The van der Waals surface area contributed by atoms with Gasteiger partial charge in [0.25, 0.3) is 0 Å². The van der Waals surface area contributed by atoms with Gasteiger partial charge in [-0.1, -0.05) is 18.2 Å². The normalized spacial score (nSPS) is 19.3. The average molecular weight is 291 g/mol. The summed E-state index contributed by atoms with van der Waals surface area (Å²) in [7, 11) is 6.37. The fourth-order valence-corrected chi connectivity index (χ4v) is 3.00. The summed E-state index contributed by atoms with van der Waals surface area (Å²) >= 11 is 0. The molecule has 1 aromatic rings. The molecule has 1 fully saturated rings. The van der Waals surface area contributed by atoms with Crippen LogP contribution in [0.2, 0.25) is 0 Å². The molecule has 0 spiro atoms. The lowest BCUT2D eigenvalue weighted by atomic mass is 10.1. The summed E-state index contributed by atoms with van der Waals surface area (Å²) in [4.78, 5) is 4.81. The number of nitrogens with zero attached hydrogens (tertiary/aromatic N) is 2. The first-order chi connectivity index (χ1) is 10.2. The molecule has 1 aliphatic heterocycles. The van der Waals surface area contributed by atoms with Gasteiger partial charge in [-0.2, -0.15) is 0 Å². The molecule has 1 saturated heterocycles. The summed E-state index contributed by atoms with van der Waals surface area (Å²) in [6, 6.07) is 8.26. The van der Waals surface area contributed by atoms with Gasteiger partial charge in [0.2, 0.25) is 0 Å². The second-order valence-electron chi connectivity index (χ2n) is 6.17. The Kier molecular flexibility index (Phi) is 6.49. The average Bonchev–Trinajstić information content (AvgIpc) is 2.86. The van der Waals surface area contributed by atoms with Crippen LogP contribution in [-0.4, -0.2) is 63.7 Å². The molecule has 1 N–H and O–H groups in total. The predicted molar refractivity (Wildman–Crippen MR) is 87.8 cm³/mol. The maximum absolute atomic E-state index is 5.95. The van der Waals surface area contributed by atoms with Crippen molar-refractivity contribution in [2.75, 3.05) is 53.9 Å². The molecule has 1 heterocycles. The molecule has 0 radical (unpaired) electrons. The lowest BCUT2D eigenvalue weighted by molar-refractivity contribution is 0.214. The van der Waals surface area contributed by atoms with Crippen molar-refractivity contribution in [3.05, 3.63) is 29.8 Å². The lowest BCUT2D eigenvalue weighted by Crippen LogP contribution is -2.30. The molecule has 1 aromatic carbocycles. The van der Waals surface area contributed by atoms with Crippen molar-refractivity contribution in [2.45, 2.75) is 13.0 Å². The monoisotopic (exact) mass is 291 g/mol. The maximum Gasteiger partial charge on any atom is 0.123 e. The number of ether oxygens (including phenoxy) is 1. The van der Waals surface area contributed by atoms with Crippen molar-refractivity contribution >= 4 is 0 Å². The van der Waals surface area contributed by atoms with E-state index >= 15 is 0 Å². The fourth-order valence-electron chi connectivity index (χ4n) is 3.00. The number of likely N-dealkylation sites (tertiary alicyclic amines) is 1. The van der Waals surface area contributed by atoms with Gasteiger partial charge in [-0.15, -0.1) is 0 Å². The second-order valence-corrected chi connectivity index (χ2v) is 6.17. The Morgan fingerprint density at radius 3 is 2.90 bits per heavy atom. The first-order valence-electron chi connectivity index (χ1n) is 7.91. The van der Waals surface area contributed by atoms with E-state index in [0.717, 1.165) is 31.4 Å². The van der Waals surface area contributed by atoms with E-state index in [1.54, 1.807) is 0 Å². The Balaban J connectivity index is 1.71. The van der Waals surface area contributed by atoms with Crippen LogP contribution in [-0.2, 0) is 6.54 Å². The minimum absolute atomic E-state index is 0.750. The third-order valence-electron chi connectivity index (χ3n) is 4.13. The maximum atomic E-state index is 5.95. The molecule has 0 bridgehead atoms. The van der Waals surface area contributed by atoms with Crippen LogP contribution in [0.3, 0.4) is 0 Å². The van der Waals surface area contributed by atoms with Crippen molar-refractivity contribution in [1.29, 1.82) is 0 Å². The number of likely N-dealkylation sites (N-methyl/N-ethyl adjacent to an activating group) is 1. The van der Waals surface area contributed by atoms with Gasteiger partial charge in [0.05, 0.1) is 0 Å². The Morgan fingerprint density at radius 2 is 2.19 bits per heavy atom. The number of benzene rings is 1. The number of hydrogen-bond acceptors (Lipinski definition) is 4. The highest BCUT2D eigenvalue weighted by Crippen LogP contribution is 2.18. The zero-order valence-corrected chi connectivity index (χ0v) is 13.6. The molecule has 118 valence electrons. The zero-order chi connectivity index (χ0) is 15.1. The topological polar surface area (TPSA) is 27.7 Å². The van der Waals surface area contributed by atoms with E-state index < -0.39 is 0 Å². The quantitative estimate of drug-likeness (QED) is 0.788. The van der Waals surface area contributed by atoms with Crippen LogP contribution in [0.15, 0.2) is 24.3 Å². The van der Waals surface area contributed by atoms with E-state index in [1.807, 2.05) is 13.1 Å². The van der Waals surface area contributed by atoms with Gasteiger partial charge >= 0.3 is 0 Å². The molecule has 4 heteroatoms. The Hall–Kier alpha value is -1.10. The molecule has 0 aromatic heterocycles. The van der Waals surface area contributed by atoms with E-state index in [-0.39, 0.29) is 0 Å². The molecule has 1 atom stereocenters. The largest absolute Gasteiger partial charge is 0.492 e. The Bertz CT molecular complexity index is 424. The fraction of sp³-hybridized carbons (Fsp3) is 0.647.